The molecule has 1 aromatic carbocycles. The SMILES string of the molecule is COc1ccc(NC(=O)c2ccnc(F)c2F)cc1OC. The molecule has 0 saturated carbocycles. The lowest BCUT2D eigenvalue weighted by Gasteiger charge is -2.10. The summed E-state index contributed by atoms with van der Waals surface area (Å²) in [4.78, 5) is 15.0. The zero-order valence-corrected chi connectivity index (χ0v) is 11.3. The predicted molar refractivity (Wildman–Crippen MR) is 71.7 cm³/mol. The summed E-state index contributed by atoms with van der Waals surface area (Å²) in [6, 6.07) is 5.73. The van der Waals surface area contributed by atoms with Crippen molar-refractivity contribution in [1.29, 1.82) is 0 Å². The molecule has 0 radical (unpaired) electrons. The maximum absolute atomic E-state index is 13.5. The molecule has 0 saturated heterocycles. The number of halogens is 2. The van der Waals surface area contributed by atoms with Crippen LogP contribution in [0.5, 0.6) is 11.5 Å². The molecule has 21 heavy (non-hydrogen) atoms. The van der Waals surface area contributed by atoms with Gasteiger partial charge in [-0.3, -0.25) is 4.79 Å². The van der Waals surface area contributed by atoms with Gasteiger partial charge in [-0.05, 0) is 18.2 Å². The maximum Gasteiger partial charge on any atom is 0.258 e. The van der Waals surface area contributed by atoms with E-state index in [4.69, 9.17) is 9.47 Å². The number of amides is 1. The maximum atomic E-state index is 13.5. The summed E-state index contributed by atoms with van der Waals surface area (Å²) >= 11 is 0. The Labute approximate surface area is 119 Å². The van der Waals surface area contributed by atoms with Gasteiger partial charge in [0.1, 0.15) is 0 Å². The van der Waals surface area contributed by atoms with E-state index in [2.05, 4.69) is 10.3 Å². The van der Waals surface area contributed by atoms with Gasteiger partial charge in [0.05, 0.1) is 19.8 Å². The van der Waals surface area contributed by atoms with Crippen LogP contribution in [-0.2, 0) is 0 Å². The highest BCUT2D eigenvalue weighted by atomic mass is 19.2. The molecular weight excluding hydrogens is 282 g/mol. The second-order valence-corrected chi connectivity index (χ2v) is 3.99. The quantitative estimate of drug-likeness (QED) is 0.881. The molecule has 0 aliphatic heterocycles. The number of ether oxygens (including phenoxy) is 2. The molecular formula is C14H12F2N2O3. The minimum absolute atomic E-state index is 0.356. The standard InChI is InChI=1S/C14H12F2N2O3/c1-20-10-4-3-8(7-11(10)21-2)18-14(19)9-5-6-17-13(16)12(9)15/h3-7H,1-2H3,(H,18,19). The third-order valence-corrected chi connectivity index (χ3v) is 2.73. The first-order chi connectivity index (χ1) is 10.1. The average molecular weight is 294 g/mol. The van der Waals surface area contributed by atoms with Gasteiger partial charge in [-0.15, -0.1) is 0 Å². The van der Waals surface area contributed by atoms with Crippen LogP contribution in [0.2, 0.25) is 0 Å². The van der Waals surface area contributed by atoms with Gasteiger partial charge in [-0.25, -0.2) is 9.37 Å². The topological polar surface area (TPSA) is 60.5 Å². The highest BCUT2D eigenvalue weighted by Gasteiger charge is 2.16. The number of anilines is 1. The van der Waals surface area contributed by atoms with Gasteiger partial charge in [0.25, 0.3) is 5.91 Å². The van der Waals surface area contributed by atoms with Crippen LogP contribution in [0.3, 0.4) is 0 Å². The molecule has 2 aromatic rings. The van der Waals surface area contributed by atoms with Gasteiger partial charge in [-0.2, -0.15) is 4.39 Å². The number of nitrogens with zero attached hydrogens (tertiary/aromatic N) is 1. The smallest absolute Gasteiger partial charge is 0.258 e. The molecule has 0 atom stereocenters. The van der Waals surface area contributed by atoms with E-state index in [1.807, 2.05) is 0 Å². The predicted octanol–water partition coefficient (Wildman–Crippen LogP) is 2.63. The number of nitrogens with one attached hydrogen (secondary N) is 1. The lowest BCUT2D eigenvalue weighted by atomic mass is 10.2. The number of rotatable bonds is 4. The summed E-state index contributed by atoms with van der Waals surface area (Å²) in [6.07, 6.45) is 1.02. The van der Waals surface area contributed by atoms with E-state index >= 15 is 0 Å². The Morgan fingerprint density at radius 3 is 2.52 bits per heavy atom. The Kier molecular flexibility index (Phi) is 4.32. The van der Waals surface area contributed by atoms with E-state index in [-0.39, 0.29) is 0 Å². The third kappa shape index (κ3) is 3.07. The largest absolute Gasteiger partial charge is 0.493 e. The van der Waals surface area contributed by atoms with Crippen LogP contribution >= 0.6 is 0 Å². The van der Waals surface area contributed by atoms with Crippen molar-refractivity contribution in [1.82, 2.24) is 4.98 Å². The number of pyridine rings is 1. The number of carbonyl (C=O) groups excluding carboxylic acids is 1. The molecule has 1 amide bonds. The second kappa shape index (κ2) is 6.17. The molecule has 0 bridgehead atoms. The van der Waals surface area contributed by atoms with Crippen LogP contribution in [0.1, 0.15) is 10.4 Å². The van der Waals surface area contributed by atoms with Crippen LogP contribution in [0, 0.1) is 11.8 Å². The fourth-order valence-electron chi connectivity index (χ4n) is 1.71. The van der Waals surface area contributed by atoms with Gasteiger partial charge >= 0.3 is 0 Å². The van der Waals surface area contributed by atoms with Crippen LogP contribution < -0.4 is 14.8 Å². The first-order valence-electron chi connectivity index (χ1n) is 5.90. The zero-order chi connectivity index (χ0) is 15.4. The summed E-state index contributed by atoms with van der Waals surface area (Å²) in [5, 5.41) is 2.44. The van der Waals surface area contributed by atoms with E-state index < -0.39 is 23.2 Å². The van der Waals surface area contributed by atoms with Crippen molar-refractivity contribution in [2.24, 2.45) is 0 Å². The van der Waals surface area contributed by atoms with Crippen LogP contribution in [-0.4, -0.2) is 25.1 Å². The van der Waals surface area contributed by atoms with Crippen molar-refractivity contribution in [3.8, 4) is 11.5 Å². The van der Waals surface area contributed by atoms with E-state index in [1.165, 1.54) is 20.3 Å². The minimum Gasteiger partial charge on any atom is -0.493 e. The Bertz CT molecular complexity index is 677. The first kappa shape index (κ1) is 14.7. The highest BCUT2D eigenvalue weighted by Crippen LogP contribution is 2.30. The average Bonchev–Trinajstić information content (AvgIpc) is 2.49. The molecule has 0 spiro atoms. The van der Waals surface area contributed by atoms with Gasteiger partial charge in [-0.1, -0.05) is 0 Å². The first-order valence-corrected chi connectivity index (χ1v) is 5.90. The van der Waals surface area contributed by atoms with E-state index in [1.54, 1.807) is 12.1 Å². The van der Waals surface area contributed by atoms with Crippen molar-refractivity contribution in [3.63, 3.8) is 0 Å². The van der Waals surface area contributed by atoms with Gasteiger partial charge in [0.15, 0.2) is 17.3 Å². The van der Waals surface area contributed by atoms with Crippen LogP contribution in [0.15, 0.2) is 30.5 Å². The summed E-state index contributed by atoms with van der Waals surface area (Å²) in [7, 11) is 2.92. The summed E-state index contributed by atoms with van der Waals surface area (Å²) in [6.45, 7) is 0. The number of carbonyl (C=O) groups is 1. The summed E-state index contributed by atoms with van der Waals surface area (Å²) < 4.78 is 36.6. The molecule has 110 valence electrons. The molecule has 0 aliphatic carbocycles. The fraction of sp³-hybridized carbons (Fsp3) is 0.143. The molecule has 1 aromatic heterocycles. The molecule has 5 nitrogen and oxygen atoms in total. The van der Waals surface area contributed by atoms with Crippen molar-refractivity contribution < 1.29 is 23.0 Å². The number of benzene rings is 1. The Morgan fingerprint density at radius 1 is 1.14 bits per heavy atom. The van der Waals surface area contributed by atoms with E-state index in [9.17, 15) is 13.6 Å². The van der Waals surface area contributed by atoms with Crippen molar-refractivity contribution in [2.45, 2.75) is 0 Å². The van der Waals surface area contributed by atoms with E-state index in [0.717, 1.165) is 12.3 Å². The van der Waals surface area contributed by atoms with Gasteiger partial charge in [0, 0.05) is 18.0 Å². The Balaban J connectivity index is 2.25. The lowest BCUT2D eigenvalue weighted by molar-refractivity contribution is 0.102. The monoisotopic (exact) mass is 294 g/mol. The molecule has 0 fully saturated rings. The minimum atomic E-state index is -1.32. The molecule has 1 N–H and O–H groups in total. The fourth-order valence-corrected chi connectivity index (χ4v) is 1.71. The third-order valence-electron chi connectivity index (χ3n) is 2.73. The number of hydrogen-bond donors (Lipinski definition) is 1. The number of aromatic nitrogens is 1. The Morgan fingerprint density at radius 2 is 1.86 bits per heavy atom. The highest BCUT2D eigenvalue weighted by molar-refractivity contribution is 6.04. The van der Waals surface area contributed by atoms with E-state index in [0.29, 0.717) is 17.2 Å². The summed E-state index contributed by atoms with van der Waals surface area (Å²) in [5.41, 5.74) is -0.0773. The molecule has 2 rings (SSSR count). The van der Waals surface area contributed by atoms with Gasteiger partial charge in [0.2, 0.25) is 5.95 Å². The van der Waals surface area contributed by atoms with Gasteiger partial charge < -0.3 is 14.8 Å². The Hall–Kier alpha value is -2.70. The molecule has 0 aliphatic rings. The molecule has 7 heteroatoms. The van der Waals surface area contributed by atoms with Crippen molar-refractivity contribution in [3.05, 3.63) is 47.8 Å². The lowest BCUT2D eigenvalue weighted by Crippen LogP contribution is -2.15. The molecule has 0 unspecified atom stereocenters. The number of hydrogen-bond acceptors (Lipinski definition) is 4. The normalized spacial score (nSPS) is 10.1. The molecule has 1 heterocycles. The van der Waals surface area contributed by atoms with Crippen molar-refractivity contribution in [2.75, 3.05) is 19.5 Å². The number of methoxy groups -OCH3 is 2. The van der Waals surface area contributed by atoms with Crippen LogP contribution in [0.4, 0.5) is 14.5 Å². The summed E-state index contributed by atoms with van der Waals surface area (Å²) in [5.74, 6) is -2.53. The van der Waals surface area contributed by atoms with Crippen LogP contribution in [0.25, 0.3) is 0 Å². The van der Waals surface area contributed by atoms with Crippen molar-refractivity contribution >= 4 is 11.6 Å². The zero-order valence-electron chi connectivity index (χ0n) is 11.3. The second-order valence-electron chi connectivity index (χ2n) is 3.99.